The lowest BCUT2D eigenvalue weighted by Crippen LogP contribution is -2.45. The van der Waals surface area contributed by atoms with Gasteiger partial charge in [0.1, 0.15) is 12.7 Å². The number of carbonyl (C=O) groups is 1. The Kier molecular flexibility index (Phi) is 7.31. The monoisotopic (exact) mass is 536 g/mol. The molecule has 38 heavy (non-hydrogen) atoms. The number of alkyl carbamates (subject to hydrolysis) is 1. The fraction of sp³-hybridized carbons (Fsp3) is 0.417. The fourth-order valence-electron chi connectivity index (χ4n) is 4.04. The number of nitrogens with one attached hydrogen (secondary N) is 3. The Hall–Kier alpha value is -4.33. The van der Waals surface area contributed by atoms with E-state index in [0.717, 1.165) is 12.8 Å². The van der Waals surface area contributed by atoms with E-state index in [0.29, 0.717) is 65.7 Å². The standard InChI is InChI=1S/C24H25ClN10O3/c1-3-28-24(36)38-13-16-12-34(6-7-37-16)18-9-14(10-26)8-17(20(18)25)31-23-32-21(30-15-4-5-15)22-29-11-19(27-2)35(22)33-23/h8-9,11,15-16H,3-7,12-13H2,1H3,(H,28,36)(H2,30,31,32,33). The van der Waals surface area contributed by atoms with Gasteiger partial charge in [0, 0.05) is 25.7 Å². The van der Waals surface area contributed by atoms with E-state index in [-0.39, 0.29) is 24.5 Å². The summed E-state index contributed by atoms with van der Waals surface area (Å²) >= 11 is 6.84. The van der Waals surface area contributed by atoms with Gasteiger partial charge in [0.05, 0.1) is 40.8 Å². The van der Waals surface area contributed by atoms with Gasteiger partial charge in [-0.05, 0) is 31.9 Å². The number of benzene rings is 1. The lowest BCUT2D eigenvalue weighted by atomic mass is 10.1. The van der Waals surface area contributed by atoms with Gasteiger partial charge in [-0.2, -0.15) is 10.2 Å². The van der Waals surface area contributed by atoms with E-state index in [4.69, 9.17) is 27.6 Å². The second kappa shape index (κ2) is 11.0. The van der Waals surface area contributed by atoms with Crippen LogP contribution in [0.5, 0.6) is 0 Å². The van der Waals surface area contributed by atoms with E-state index < -0.39 is 6.09 Å². The summed E-state index contributed by atoms with van der Waals surface area (Å²) in [5.74, 6) is 0.952. The summed E-state index contributed by atoms with van der Waals surface area (Å²) < 4.78 is 12.4. The van der Waals surface area contributed by atoms with Crippen molar-refractivity contribution in [1.82, 2.24) is 24.9 Å². The van der Waals surface area contributed by atoms with Gasteiger partial charge < -0.3 is 35.2 Å². The molecule has 1 saturated carbocycles. The molecule has 0 bridgehead atoms. The van der Waals surface area contributed by atoms with Crippen molar-refractivity contribution < 1.29 is 14.3 Å². The molecule has 1 unspecified atom stereocenters. The number of fused-ring (bicyclic) bond motifs is 1. The number of aromatic nitrogens is 4. The minimum Gasteiger partial charge on any atom is -0.447 e. The Balaban J connectivity index is 1.42. The van der Waals surface area contributed by atoms with Crippen LogP contribution in [0.1, 0.15) is 25.3 Å². The minimum absolute atomic E-state index is 0.0852. The topological polar surface area (TPSA) is 146 Å². The lowest BCUT2D eigenvalue weighted by Gasteiger charge is -2.35. The van der Waals surface area contributed by atoms with Crippen molar-refractivity contribution in [3.8, 4) is 6.07 Å². The van der Waals surface area contributed by atoms with E-state index in [1.807, 2.05) is 11.8 Å². The predicted molar refractivity (Wildman–Crippen MR) is 140 cm³/mol. The largest absolute Gasteiger partial charge is 0.447 e. The Labute approximate surface area is 223 Å². The number of carbonyl (C=O) groups excluding carboxylic acids is 1. The zero-order valence-corrected chi connectivity index (χ0v) is 21.3. The number of imidazole rings is 1. The number of hydrogen-bond acceptors (Lipinski definition) is 10. The highest BCUT2D eigenvalue weighted by atomic mass is 35.5. The summed E-state index contributed by atoms with van der Waals surface area (Å²) in [6.07, 6.45) is 2.65. The van der Waals surface area contributed by atoms with Gasteiger partial charge >= 0.3 is 6.09 Å². The van der Waals surface area contributed by atoms with Crippen LogP contribution in [0.4, 0.5) is 33.8 Å². The lowest BCUT2D eigenvalue weighted by molar-refractivity contribution is -0.00318. The van der Waals surface area contributed by atoms with Crippen LogP contribution in [0.15, 0.2) is 18.3 Å². The van der Waals surface area contributed by atoms with Crippen LogP contribution in [0.2, 0.25) is 5.02 Å². The van der Waals surface area contributed by atoms with Gasteiger partial charge in [-0.3, -0.25) is 0 Å². The van der Waals surface area contributed by atoms with Gasteiger partial charge in [0.2, 0.25) is 0 Å². The molecule has 14 heteroatoms. The molecule has 3 aromatic rings. The van der Waals surface area contributed by atoms with Gasteiger partial charge in [-0.25, -0.2) is 9.78 Å². The van der Waals surface area contributed by atoms with Crippen LogP contribution >= 0.6 is 11.6 Å². The van der Waals surface area contributed by atoms with Crippen LogP contribution in [-0.2, 0) is 9.47 Å². The number of nitriles is 1. The van der Waals surface area contributed by atoms with Crippen molar-refractivity contribution in [2.24, 2.45) is 0 Å². The molecule has 196 valence electrons. The number of halogens is 1. The van der Waals surface area contributed by atoms with Crippen molar-refractivity contribution in [2.45, 2.75) is 31.9 Å². The molecule has 2 fully saturated rings. The van der Waals surface area contributed by atoms with Gasteiger partial charge in [0.25, 0.3) is 17.4 Å². The average Bonchev–Trinajstić information content (AvgIpc) is 3.64. The van der Waals surface area contributed by atoms with Crippen LogP contribution in [0.3, 0.4) is 0 Å². The normalized spacial score (nSPS) is 16.9. The van der Waals surface area contributed by atoms with Gasteiger partial charge in [0.15, 0.2) is 5.82 Å². The zero-order chi connectivity index (χ0) is 26.6. The highest BCUT2D eigenvalue weighted by molar-refractivity contribution is 6.36. The first-order chi connectivity index (χ1) is 18.5. The maximum absolute atomic E-state index is 11.7. The molecule has 3 N–H and O–H groups in total. The van der Waals surface area contributed by atoms with Crippen molar-refractivity contribution in [3.05, 3.63) is 40.3 Å². The summed E-state index contributed by atoms with van der Waals surface area (Å²) in [7, 11) is 0. The summed E-state index contributed by atoms with van der Waals surface area (Å²) in [6.45, 7) is 11.1. The Morgan fingerprint density at radius 3 is 3.00 bits per heavy atom. The summed E-state index contributed by atoms with van der Waals surface area (Å²) in [6, 6.07) is 5.80. The zero-order valence-electron chi connectivity index (χ0n) is 20.6. The molecule has 0 radical (unpaired) electrons. The average molecular weight is 537 g/mol. The predicted octanol–water partition coefficient (Wildman–Crippen LogP) is 3.47. The molecule has 5 rings (SSSR count). The highest BCUT2D eigenvalue weighted by Crippen LogP contribution is 2.37. The smallest absolute Gasteiger partial charge is 0.407 e. The molecule has 2 aliphatic rings. The van der Waals surface area contributed by atoms with Crippen LogP contribution in [-0.4, -0.2) is 70.7 Å². The van der Waals surface area contributed by atoms with Crippen molar-refractivity contribution in [3.63, 3.8) is 0 Å². The van der Waals surface area contributed by atoms with Crippen LogP contribution in [0, 0.1) is 17.9 Å². The number of hydrogen-bond donors (Lipinski definition) is 3. The first-order valence-electron chi connectivity index (χ1n) is 12.2. The van der Waals surface area contributed by atoms with Crippen LogP contribution in [0.25, 0.3) is 10.5 Å². The minimum atomic E-state index is -0.504. The van der Waals surface area contributed by atoms with E-state index in [2.05, 4.69) is 41.9 Å². The molecule has 13 nitrogen and oxygen atoms in total. The molecule has 1 aliphatic carbocycles. The maximum Gasteiger partial charge on any atom is 0.407 e. The number of amides is 1. The van der Waals surface area contributed by atoms with Crippen molar-refractivity contribution >= 4 is 52.3 Å². The molecule has 1 atom stereocenters. The molecule has 1 saturated heterocycles. The molecule has 2 aromatic heterocycles. The van der Waals surface area contributed by atoms with Crippen molar-refractivity contribution in [2.75, 3.05) is 48.4 Å². The number of nitrogens with zero attached hydrogens (tertiary/aromatic N) is 7. The third-order valence-corrected chi connectivity index (χ3v) is 6.40. The third kappa shape index (κ3) is 5.49. The highest BCUT2D eigenvalue weighted by Gasteiger charge is 2.27. The third-order valence-electron chi connectivity index (χ3n) is 6.01. The molecule has 1 amide bonds. The summed E-state index contributed by atoms with van der Waals surface area (Å²) in [4.78, 5) is 26.0. The van der Waals surface area contributed by atoms with Gasteiger partial charge in [-0.15, -0.1) is 4.52 Å². The molecular formula is C24H25ClN10O3. The summed E-state index contributed by atoms with van der Waals surface area (Å²) in [5.41, 5.74) is 1.90. The molecule has 3 heterocycles. The first kappa shape index (κ1) is 25.3. The quantitative estimate of drug-likeness (QED) is 0.366. The summed E-state index contributed by atoms with van der Waals surface area (Å²) in [5, 5.41) is 23.6. The Morgan fingerprint density at radius 2 is 2.26 bits per heavy atom. The molecular weight excluding hydrogens is 512 g/mol. The van der Waals surface area contributed by atoms with E-state index >= 15 is 0 Å². The second-order valence-corrected chi connectivity index (χ2v) is 9.21. The Bertz CT molecular complexity index is 1440. The van der Waals surface area contributed by atoms with Gasteiger partial charge in [-0.1, -0.05) is 23.3 Å². The van der Waals surface area contributed by atoms with E-state index in [1.54, 1.807) is 12.1 Å². The van der Waals surface area contributed by atoms with E-state index in [1.165, 1.54) is 10.7 Å². The van der Waals surface area contributed by atoms with Crippen molar-refractivity contribution in [1.29, 1.82) is 5.26 Å². The molecule has 1 aliphatic heterocycles. The molecule has 1 aromatic carbocycles. The molecule has 0 spiro atoms. The van der Waals surface area contributed by atoms with Crippen LogP contribution < -0.4 is 20.9 Å². The number of rotatable bonds is 8. The second-order valence-electron chi connectivity index (χ2n) is 8.83. The SMILES string of the molecule is [C-]#[N+]c1cnc2c(NC3CC3)nc(Nc3cc(C#N)cc(N4CCOC(COC(=O)NCC)C4)c3Cl)nn12. The maximum atomic E-state index is 11.7. The number of ether oxygens (including phenoxy) is 2. The van der Waals surface area contributed by atoms with E-state index in [9.17, 15) is 10.1 Å². The number of anilines is 4. The first-order valence-corrected chi connectivity index (χ1v) is 12.5. The Morgan fingerprint density at radius 1 is 1.42 bits per heavy atom. The fourth-order valence-corrected chi connectivity index (χ4v) is 4.31. The number of morpholine rings is 1.